The summed E-state index contributed by atoms with van der Waals surface area (Å²) in [7, 11) is 0. The average Bonchev–Trinajstić information content (AvgIpc) is 3.42. The summed E-state index contributed by atoms with van der Waals surface area (Å²) in [6.07, 6.45) is 0. The molecule has 2 amide bonds. The number of carbonyl (C=O) groups is 2. The van der Waals surface area contributed by atoms with Gasteiger partial charge in [0.1, 0.15) is 12.4 Å². The van der Waals surface area contributed by atoms with E-state index in [4.69, 9.17) is 0 Å². The topological polar surface area (TPSA) is 40.6 Å². The molecular formula is C23H25FN2O2S2. The van der Waals surface area contributed by atoms with Gasteiger partial charge < -0.3 is 9.80 Å². The molecule has 3 aromatic rings. The number of halogens is 1. The van der Waals surface area contributed by atoms with Crippen LogP contribution in [0, 0.1) is 11.7 Å². The number of nitrogens with zero attached hydrogens (tertiary/aromatic N) is 2. The Balaban J connectivity index is 1.78. The smallest absolute Gasteiger partial charge is 0.264 e. The lowest BCUT2D eigenvalue weighted by Gasteiger charge is -2.28. The van der Waals surface area contributed by atoms with E-state index < -0.39 is 0 Å². The summed E-state index contributed by atoms with van der Waals surface area (Å²) in [5.74, 6) is -0.313. The molecule has 7 heteroatoms. The van der Waals surface area contributed by atoms with Crippen molar-refractivity contribution in [2.75, 3.05) is 13.1 Å². The SMILES string of the molecule is CC(C)CN(CC(=O)N(Cc1ccc(F)cc1)Cc1cccs1)C(=O)c1cccs1. The Morgan fingerprint density at radius 1 is 0.933 bits per heavy atom. The minimum absolute atomic E-state index is 0.0154. The van der Waals surface area contributed by atoms with E-state index in [-0.39, 0.29) is 30.1 Å². The van der Waals surface area contributed by atoms with Crippen LogP contribution in [0.5, 0.6) is 0 Å². The third kappa shape index (κ3) is 6.24. The predicted molar refractivity (Wildman–Crippen MR) is 120 cm³/mol. The first-order valence-corrected chi connectivity index (χ1v) is 11.6. The second-order valence-corrected chi connectivity index (χ2v) is 9.49. The van der Waals surface area contributed by atoms with Crippen LogP contribution < -0.4 is 0 Å². The van der Waals surface area contributed by atoms with Gasteiger partial charge in [-0.2, -0.15) is 0 Å². The molecule has 158 valence electrons. The van der Waals surface area contributed by atoms with Gasteiger partial charge in [0.05, 0.1) is 11.4 Å². The van der Waals surface area contributed by atoms with Gasteiger partial charge in [0.2, 0.25) is 5.91 Å². The molecule has 0 saturated heterocycles. The second kappa shape index (κ2) is 10.5. The normalized spacial score (nSPS) is 10.9. The van der Waals surface area contributed by atoms with Crippen molar-refractivity contribution >= 4 is 34.5 Å². The van der Waals surface area contributed by atoms with Gasteiger partial charge in [-0.3, -0.25) is 9.59 Å². The highest BCUT2D eigenvalue weighted by atomic mass is 32.1. The first-order valence-electron chi connectivity index (χ1n) is 9.79. The Bertz CT molecular complexity index is 938. The highest BCUT2D eigenvalue weighted by Crippen LogP contribution is 2.18. The zero-order valence-corrected chi connectivity index (χ0v) is 18.7. The van der Waals surface area contributed by atoms with Crippen LogP contribution in [0.3, 0.4) is 0 Å². The minimum atomic E-state index is -0.306. The van der Waals surface area contributed by atoms with E-state index in [9.17, 15) is 14.0 Å². The van der Waals surface area contributed by atoms with Gasteiger partial charge in [-0.15, -0.1) is 22.7 Å². The molecule has 0 fully saturated rings. The van der Waals surface area contributed by atoms with Gasteiger partial charge >= 0.3 is 0 Å². The van der Waals surface area contributed by atoms with Crippen molar-refractivity contribution in [3.05, 3.63) is 80.4 Å². The van der Waals surface area contributed by atoms with Crippen molar-refractivity contribution in [1.82, 2.24) is 9.80 Å². The van der Waals surface area contributed by atoms with Crippen LogP contribution >= 0.6 is 22.7 Å². The molecule has 0 atom stereocenters. The molecule has 30 heavy (non-hydrogen) atoms. The van der Waals surface area contributed by atoms with Gasteiger partial charge in [0, 0.05) is 18.0 Å². The van der Waals surface area contributed by atoms with E-state index in [1.165, 1.54) is 23.5 Å². The molecule has 0 aliphatic heterocycles. The maximum Gasteiger partial charge on any atom is 0.264 e. The second-order valence-electron chi connectivity index (χ2n) is 7.51. The summed E-state index contributed by atoms with van der Waals surface area (Å²) in [6.45, 7) is 5.39. The monoisotopic (exact) mass is 444 g/mol. The zero-order chi connectivity index (χ0) is 21.5. The molecule has 2 aromatic heterocycles. The van der Waals surface area contributed by atoms with Crippen LogP contribution in [0.25, 0.3) is 0 Å². The first-order chi connectivity index (χ1) is 14.4. The highest BCUT2D eigenvalue weighted by molar-refractivity contribution is 7.12. The summed E-state index contributed by atoms with van der Waals surface area (Å²) < 4.78 is 13.3. The number of thiophene rings is 2. The summed E-state index contributed by atoms with van der Waals surface area (Å²) >= 11 is 2.96. The van der Waals surface area contributed by atoms with Crippen LogP contribution in [0.15, 0.2) is 59.3 Å². The Kier molecular flexibility index (Phi) is 7.76. The van der Waals surface area contributed by atoms with Crippen LogP contribution in [-0.4, -0.2) is 34.7 Å². The maximum absolute atomic E-state index is 13.3. The number of hydrogen-bond donors (Lipinski definition) is 0. The molecular weight excluding hydrogens is 419 g/mol. The van der Waals surface area contributed by atoms with Gasteiger partial charge in [-0.05, 0) is 46.5 Å². The van der Waals surface area contributed by atoms with Gasteiger partial charge in [-0.1, -0.05) is 38.1 Å². The molecule has 1 aromatic carbocycles. The largest absolute Gasteiger partial charge is 0.332 e. The number of benzene rings is 1. The fourth-order valence-electron chi connectivity index (χ4n) is 3.11. The summed E-state index contributed by atoms with van der Waals surface area (Å²) in [5.41, 5.74) is 0.848. The van der Waals surface area contributed by atoms with Gasteiger partial charge in [0.15, 0.2) is 0 Å². The van der Waals surface area contributed by atoms with Crippen LogP contribution in [0.1, 0.15) is 34.0 Å². The van der Waals surface area contributed by atoms with E-state index in [0.717, 1.165) is 10.4 Å². The highest BCUT2D eigenvalue weighted by Gasteiger charge is 2.24. The minimum Gasteiger partial charge on any atom is -0.332 e. The first kappa shape index (κ1) is 22.2. The third-order valence-electron chi connectivity index (χ3n) is 4.50. The van der Waals surface area contributed by atoms with E-state index in [0.29, 0.717) is 24.5 Å². The summed E-state index contributed by atoms with van der Waals surface area (Å²) in [4.78, 5) is 31.3. The molecule has 0 radical (unpaired) electrons. The van der Waals surface area contributed by atoms with Crippen molar-refractivity contribution in [1.29, 1.82) is 0 Å². The van der Waals surface area contributed by atoms with Crippen molar-refractivity contribution in [3.63, 3.8) is 0 Å². The molecule has 2 heterocycles. The maximum atomic E-state index is 13.3. The lowest BCUT2D eigenvalue weighted by atomic mass is 10.2. The molecule has 3 rings (SSSR count). The van der Waals surface area contributed by atoms with Gasteiger partial charge in [-0.25, -0.2) is 4.39 Å². The number of rotatable bonds is 9. The molecule has 4 nitrogen and oxygen atoms in total. The Hall–Kier alpha value is -2.51. The van der Waals surface area contributed by atoms with Crippen molar-refractivity contribution in [2.45, 2.75) is 26.9 Å². The molecule has 0 unspecified atom stereocenters. The predicted octanol–water partition coefficient (Wildman–Crippen LogP) is 5.28. The standard InChI is InChI=1S/C23H25FN2O2S2/c1-17(2)13-26(23(28)21-6-4-12-30-21)16-22(27)25(15-20-5-3-11-29-20)14-18-7-9-19(24)10-8-18/h3-12,17H,13-16H2,1-2H3. The Morgan fingerprint density at radius 3 is 2.23 bits per heavy atom. The number of amides is 2. The average molecular weight is 445 g/mol. The fourth-order valence-corrected chi connectivity index (χ4v) is 4.52. The molecule has 0 aliphatic carbocycles. The molecule has 0 saturated carbocycles. The van der Waals surface area contributed by atoms with Crippen molar-refractivity contribution in [3.8, 4) is 0 Å². The van der Waals surface area contributed by atoms with Crippen LogP contribution in [0.2, 0.25) is 0 Å². The van der Waals surface area contributed by atoms with E-state index in [2.05, 4.69) is 0 Å². The molecule has 0 aliphatic rings. The van der Waals surface area contributed by atoms with E-state index >= 15 is 0 Å². The fraction of sp³-hybridized carbons (Fsp3) is 0.304. The van der Waals surface area contributed by atoms with Crippen molar-refractivity contribution in [2.24, 2.45) is 5.92 Å². The molecule has 0 N–H and O–H groups in total. The Morgan fingerprint density at radius 2 is 1.63 bits per heavy atom. The van der Waals surface area contributed by atoms with Crippen LogP contribution in [0.4, 0.5) is 4.39 Å². The third-order valence-corrected chi connectivity index (χ3v) is 6.22. The number of carbonyl (C=O) groups excluding carboxylic acids is 2. The van der Waals surface area contributed by atoms with Gasteiger partial charge in [0.25, 0.3) is 5.91 Å². The van der Waals surface area contributed by atoms with Crippen molar-refractivity contribution < 1.29 is 14.0 Å². The quantitative estimate of drug-likeness (QED) is 0.451. The molecule has 0 bridgehead atoms. The van der Waals surface area contributed by atoms with Crippen LogP contribution in [-0.2, 0) is 17.9 Å². The lowest BCUT2D eigenvalue weighted by Crippen LogP contribution is -2.43. The Labute approximate surface area is 184 Å². The summed E-state index contributed by atoms with van der Waals surface area (Å²) in [5, 5.41) is 3.83. The van der Waals surface area contributed by atoms with E-state index in [1.807, 2.05) is 42.8 Å². The summed E-state index contributed by atoms with van der Waals surface area (Å²) in [6, 6.07) is 13.7. The lowest BCUT2D eigenvalue weighted by molar-refractivity contribution is -0.133. The number of hydrogen-bond acceptors (Lipinski definition) is 4. The zero-order valence-electron chi connectivity index (χ0n) is 17.1. The van der Waals surface area contributed by atoms with E-state index in [1.54, 1.807) is 39.3 Å². The molecule has 0 spiro atoms.